The van der Waals surface area contributed by atoms with Gasteiger partial charge in [0.05, 0.1) is 15.7 Å². The van der Waals surface area contributed by atoms with Gasteiger partial charge in [-0.15, -0.1) is 0 Å². The monoisotopic (exact) mass is 319 g/mol. The molecule has 0 radical (unpaired) electrons. The lowest BCUT2D eigenvalue weighted by molar-refractivity contribution is -0.117. The number of nitrogens with one attached hydrogen (secondary N) is 1. The number of benzene rings is 1. The second-order valence-corrected chi connectivity index (χ2v) is 5.42. The Morgan fingerprint density at radius 3 is 2.65 bits per heavy atom. The minimum Gasteiger partial charge on any atom is -0.398 e. The van der Waals surface area contributed by atoms with Gasteiger partial charge < -0.3 is 11.5 Å². The Kier molecular flexibility index (Phi) is 4.64. The van der Waals surface area contributed by atoms with Crippen molar-refractivity contribution < 1.29 is 13.8 Å². The van der Waals surface area contributed by atoms with E-state index < -0.39 is 22.7 Å². The van der Waals surface area contributed by atoms with Gasteiger partial charge in [-0.25, -0.2) is 4.79 Å². The Labute approximate surface area is 108 Å². The Morgan fingerprint density at radius 2 is 2.06 bits per heavy atom. The molecule has 0 saturated heterocycles. The molecule has 92 valence electrons. The zero-order valence-corrected chi connectivity index (χ0v) is 11.0. The summed E-state index contributed by atoms with van der Waals surface area (Å²) in [4.78, 5) is 21.9. The highest BCUT2D eigenvalue weighted by Crippen LogP contribution is 2.21. The number of urea groups is 1. The van der Waals surface area contributed by atoms with E-state index in [9.17, 15) is 13.8 Å². The van der Waals surface area contributed by atoms with E-state index >= 15 is 0 Å². The van der Waals surface area contributed by atoms with Crippen molar-refractivity contribution in [3.63, 3.8) is 0 Å². The Morgan fingerprint density at radius 1 is 1.41 bits per heavy atom. The maximum atomic E-state index is 11.8. The molecule has 0 heterocycles. The number of carbonyl (C=O) groups is 2. The Balaban J connectivity index is 2.80. The Bertz CT molecular complexity index is 492. The fraction of sp³-hybridized carbons (Fsp3) is 0.111. The first-order chi connectivity index (χ1) is 7.90. The number of primary amides is 1. The van der Waals surface area contributed by atoms with Crippen LogP contribution in [-0.2, 0) is 15.6 Å². The van der Waals surface area contributed by atoms with E-state index in [1.54, 1.807) is 18.2 Å². The SMILES string of the molecule is NC(=O)NC(=O)CS(=O)c1cc(Br)ccc1N. The van der Waals surface area contributed by atoms with Crippen LogP contribution in [0.2, 0.25) is 0 Å². The first kappa shape index (κ1) is 13.7. The van der Waals surface area contributed by atoms with Crippen LogP contribution in [0.1, 0.15) is 0 Å². The van der Waals surface area contributed by atoms with Crippen molar-refractivity contribution >= 4 is 44.4 Å². The van der Waals surface area contributed by atoms with E-state index in [2.05, 4.69) is 15.9 Å². The van der Waals surface area contributed by atoms with Gasteiger partial charge >= 0.3 is 6.03 Å². The van der Waals surface area contributed by atoms with E-state index in [0.29, 0.717) is 15.1 Å². The van der Waals surface area contributed by atoms with Gasteiger partial charge in [0.25, 0.3) is 0 Å². The van der Waals surface area contributed by atoms with Gasteiger partial charge in [0.15, 0.2) is 0 Å². The molecule has 0 aromatic heterocycles. The summed E-state index contributed by atoms with van der Waals surface area (Å²) in [7, 11) is -1.63. The average molecular weight is 320 g/mol. The zero-order valence-electron chi connectivity index (χ0n) is 8.60. The van der Waals surface area contributed by atoms with Crippen molar-refractivity contribution in [3.05, 3.63) is 22.7 Å². The fourth-order valence-electron chi connectivity index (χ4n) is 1.08. The molecule has 1 aromatic carbocycles. The molecular formula is C9H10BrN3O3S. The van der Waals surface area contributed by atoms with Gasteiger partial charge in [-0.3, -0.25) is 14.3 Å². The number of nitrogens with two attached hydrogens (primary N) is 2. The summed E-state index contributed by atoms with van der Waals surface area (Å²) in [6, 6.07) is 3.85. The lowest BCUT2D eigenvalue weighted by Gasteiger charge is -2.05. The fourth-order valence-corrected chi connectivity index (χ4v) is 2.64. The van der Waals surface area contributed by atoms with Crippen LogP contribution in [0.4, 0.5) is 10.5 Å². The molecule has 0 spiro atoms. The van der Waals surface area contributed by atoms with E-state index in [1.807, 2.05) is 5.32 Å². The van der Waals surface area contributed by atoms with Crippen molar-refractivity contribution in [2.75, 3.05) is 11.5 Å². The van der Waals surface area contributed by atoms with Crippen molar-refractivity contribution in [2.45, 2.75) is 4.90 Å². The van der Waals surface area contributed by atoms with Gasteiger partial charge in [-0.2, -0.15) is 0 Å². The van der Waals surface area contributed by atoms with Crippen LogP contribution in [-0.4, -0.2) is 21.9 Å². The van der Waals surface area contributed by atoms with Crippen molar-refractivity contribution in [1.82, 2.24) is 5.32 Å². The number of hydrogen-bond donors (Lipinski definition) is 3. The summed E-state index contributed by atoms with van der Waals surface area (Å²) in [5, 5.41) is 1.83. The number of rotatable bonds is 3. The third-order valence-electron chi connectivity index (χ3n) is 1.75. The third kappa shape index (κ3) is 4.16. The van der Waals surface area contributed by atoms with Gasteiger partial charge in [0.1, 0.15) is 5.75 Å². The van der Waals surface area contributed by atoms with Crippen LogP contribution < -0.4 is 16.8 Å². The molecular weight excluding hydrogens is 310 g/mol. The van der Waals surface area contributed by atoms with Gasteiger partial charge in [0, 0.05) is 10.2 Å². The molecule has 0 fully saturated rings. The molecule has 8 heteroatoms. The molecule has 3 amide bonds. The number of amides is 3. The zero-order chi connectivity index (χ0) is 13.0. The highest BCUT2D eigenvalue weighted by atomic mass is 79.9. The van der Waals surface area contributed by atoms with Crippen molar-refractivity contribution in [3.8, 4) is 0 Å². The molecule has 5 N–H and O–H groups in total. The maximum absolute atomic E-state index is 11.8. The standard InChI is InChI=1S/C9H10BrN3O3S/c10-5-1-2-6(11)7(3-5)17(16)4-8(14)13-9(12)15/h1-3H,4,11H2,(H3,12,13,14,15). The molecule has 0 aliphatic carbocycles. The highest BCUT2D eigenvalue weighted by Gasteiger charge is 2.14. The summed E-state index contributed by atoms with van der Waals surface area (Å²) in [5.74, 6) is -1.08. The second-order valence-electron chi connectivity index (χ2n) is 3.08. The summed E-state index contributed by atoms with van der Waals surface area (Å²) in [6.07, 6.45) is 0. The van der Waals surface area contributed by atoms with Crippen LogP contribution in [0.5, 0.6) is 0 Å². The van der Waals surface area contributed by atoms with Crippen LogP contribution in [0.15, 0.2) is 27.6 Å². The van der Waals surface area contributed by atoms with Gasteiger partial charge in [0.2, 0.25) is 5.91 Å². The molecule has 0 saturated carbocycles. The topological polar surface area (TPSA) is 115 Å². The summed E-state index contributed by atoms with van der Waals surface area (Å²) < 4.78 is 12.5. The quantitative estimate of drug-likeness (QED) is 0.696. The molecule has 0 bridgehead atoms. The first-order valence-electron chi connectivity index (χ1n) is 4.43. The molecule has 1 atom stereocenters. The largest absolute Gasteiger partial charge is 0.398 e. The van der Waals surface area contributed by atoms with E-state index in [4.69, 9.17) is 11.5 Å². The average Bonchev–Trinajstić information content (AvgIpc) is 2.20. The normalized spacial score (nSPS) is 11.8. The van der Waals surface area contributed by atoms with Gasteiger partial charge in [-0.1, -0.05) is 15.9 Å². The summed E-state index contributed by atoms with van der Waals surface area (Å²) >= 11 is 3.21. The maximum Gasteiger partial charge on any atom is 0.318 e. The number of nitrogen functional groups attached to an aromatic ring is 1. The number of imide groups is 1. The summed E-state index contributed by atoms with van der Waals surface area (Å²) in [5.41, 5.74) is 10.7. The predicted octanol–water partition coefficient (Wildman–Crippen LogP) is 0.334. The van der Waals surface area contributed by atoms with Crippen molar-refractivity contribution in [1.29, 1.82) is 0 Å². The third-order valence-corrected chi connectivity index (χ3v) is 3.61. The molecule has 6 nitrogen and oxygen atoms in total. The van der Waals surface area contributed by atoms with Crippen LogP contribution in [0.25, 0.3) is 0 Å². The molecule has 0 aliphatic rings. The van der Waals surface area contributed by atoms with E-state index in [-0.39, 0.29) is 5.75 Å². The number of hydrogen-bond acceptors (Lipinski definition) is 4. The smallest absolute Gasteiger partial charge is 0.318 e. The first-order valence-corrected chi connectivity index (χ1v) is 6.54. The summed E-state index contributed by atoms with van der Waals surface area (Å²) in [6.45, 7) is 0. The minimum absolute atomic E-state index is 0.318. The molecule has 0 aliphatic heterocycles. The molecule has 1 rings (SSSR count). The van der Waals surface area contributed by atoms with E-state index in [0.717, 1.165) is 0 Å². The Hall–Kier alpha value is -1.41. The predicted molar refractivity (Wildman–Crippen MR) is 67.6 cm³/mol. The minimum atomic E-state index is -1.63. The van der Waals surface area contributed by atoms with Crippen LogP contribution in [0.3, 0.4) is 0 Å². The number of anilines is 1. The van der Waals surface area contributed by atoms with Crippen LogP contribution >= 0.6 is 15.9 Å². The van der Waals surface area contributed by atoms with E-state index in [1.165, 1.54) is 0 Å². The van der Waals surface area contributed by atoms with Crippen LogP contribution in [0, 0.1) is 0 Å². The molecule has 17 heavy (non-hydrogen) atoms. The highest BCUT2D eigenvalue weighted by molar-refractivity contribution is 9.10. The number of halogens is 1. The lowest BCUT2D eigenvalue weighted by atomic mass is 10.3. The van der Waals surface area contributed by atoms with Crippen molar-refractivity contribution in [2.24, 2.45) is 5.73 Å². The number of carbonyl (C=O) groups excluding carboxylic acids is 2. The molecule has 1 unspecified atom stereocenters. The lowest BCUT2D eigenvalue weighted by Crippen LogP contribution is -2.37. The molecule has 1 aromatic rings. The second kappa shape index (κ2) is 5.78. The van der Waals surface area contributed by atoms with Gasteiger partial charge in [-0.05, 0) is 18.2 Å².